The second-order valence-corrected chi connectivity index (χ2v) is 11.5. The van der Waals surface area contributed by atoms with E-state index in [4.69, 9.17) is 4.98 Å². The Hall–Kier alpha value is -5.19. The molecule has 0 amide bonds. The fourth-order valence-electron chi connectivity index (χ4n) is 6.58. The van der Waals surface area contributed by atoms with Gasteiger partial charge in [-0.2, -0.15) is 0 Å². The molecule has 44 heavy (non-hydrogen) atoms. The number of benzene rings is 5. The van der Waals surface area contributed by atoms with Crippen LogP contribution in [0.15, 0.2) is 140 Å². The minimum atomic E-state index is -0.669. The van der Waals surface area contributed by atoms with Crippen molar-refractivity contribution in [2.24, 2.45) is 0 Å². The number of aliphatic hydroxyl groups excluding tert-OH is 1. The predicted octanol–water partition coefficient (Wildman–Crippen LogP) is 9.18. The standard InChI is InChI=1S/C40H35N3O/c1-28-23-29(2)38-35(24-28)36(30-15-7-3-8-16-30)39(32-19-11-5-12-20-32)43(38)26-34(44)25-42-27-41-37(31-17-9-4-10-18-31)40(42)33-21-13-6-14-22-33/h3-24,27,34,44H,25-26H2,1-2H3. The van der Waals surface area contributed by atoms with Gasteiger partial charge < -0.3 is 14.2 Å². The summed E-state index contributed by atoms with van der Waals surface area (Å²) in [4.78, 5) is 4.85. The third-order valence-electron chi connectivity index (χ3n) is 8.33. The van der Waals surface area contributed by atoms with Crippen LogP contribution < -0.4 is 0 Å². The van der Waals surface area contributed by atoms with Crippen LogP contribution in [-0.2, 0) is 13.1 Å². The third-order valence-corrected chi connectivity index (χ3v) is 8.33. The van der Waals surface area contributed by atoms with Gasteiger partial charge in [-0.15, -0.1) is 0 Å². The Labute approximate surface area is 258 Å². The molecule has 2 aromatic heterocycles. The number of nitrogens with zero attached hydrogens (tertiary/aromatic N) is 3. The normalized spacial score (nSPS) is 12.1. The Morgan fingerprint density at radius 1 is 0.614 bits per heavy atom. The van der Waals surface area contributed by atoms with Crippen molar-refractivity contribution in [2.45, 2.75) is 33.0 Å². The summed E-state index contributed by atoms with van der Waals surface area (Å²) in [5.74, 6) is 0. The molecular formula is C40H35N3O. The second-order valence-electron chi connectivity index (χ2n) is 11.5. The van der Waals surface area contributed by atoms with E-state index in [9.17, 15) is 5.11 Å². The fourth-order valence-corrected chi connectivity index (χ4v) is 6.58. The van der Waals surface area contributed by atoms with Gasteiger partial charge in [0.1, 0.15) is 0 Å². The van der Waals surface area contributed by atoms with Crippen molar-refractivity contribution in [3.63, 3.8) is 0 Å². The van der Waals surface area contributed by atoms with Crippen molar-refractivity contribution in [3.05, 3.63) is 151 Å². The number of imidazole rings is 1. The van der Waals surface area contributed by atoms with Gasteiger partial charge in [-0.05, 0) is 36.6 Å². The molecule has 0 fully saturated rings. The molecule has 0 aliphatic heterocycles. The van der Waals surface area contributed by atoms with Crippen molar-refractivity contribution in [1.29, 1.82) is 0 Å². The molecule has 1 atom stereocenters. The largest absolute Gasteiger partial charge is 0.389 e. The molecule has 0 aliphatic rings. The first-order chi connectivity index (χ1) is 21.6. The van der Waals surface area contributed by atoms with Crippen molar-refractivity contribution in [1.82, 2.24) is 14.1 Å². The van der Waals surface area contributed by atoms with Gasteiger partial charge in [-0.1, -0.05) is 133 Å². The lowest BCUT2D eigenvalue weighted by Crippen LogP contribution is -2.23. The van der Waals surface area contributed by atoms with Crippen LogP contribution >= 0.6 is 0 Å². The van der Waals surface area contributed by atoms with E-state index in [-0.39, 0.29) is 0 Å². The highest BCUT2D eigenvalue weighted by molar-refractivity contribution is 6.06. The summed E-state index contributed by atoms with van der Waals surface area (Å²) < 4.78 is 4.44. The Bertz CT molecular complexity index is 2030. The molecule has 0 spiro atoms. The lowest BCUT2D eigenvalue weighted by molar-refractivity contribution is 0.137. The highest BCUT2D eigenvalue weighted by Gasteiger charge is 2.24. The summed E-state index contributed by atoms with van der Waals surface area (Å²) in [5.41, 5.74) is 12.3. The summed E-state index contributed by atoms with van der Waals surface area (Å²) in [7, 11) is 0. The van der Waals surface area contributed by atoms with Gasteiger partial charge >= 0.3 is 0 Å². The van der Waals surface area contributed by atoms with Crippen LogP contribution in [0.25, 0.3) is 55.8 Å². The third kappa shape index (κ3) is 5.14. The summed E-state index contributed by atoms with van der Waals surface area (Å²) in [6.45, 7) is 5.18. The van der Waals surface area contributed by atoms with Gasteiger partial charge in [0.05, 0.1) is 48.1 Å². The van der Waals surface area contributed by atoms with Crippen molar-refractivity contribution in [2.75, 3.05) is 0 Å². The van der Waals surface area contributed by atoms with E-state index in [1.807, 2.05) is 42.7 Å². The predicted molar refractivity (Wildman–Crippen MR) is 181 cm³/mol. The Morgan fingerprint density at radius 2 is 1.14 bits per heavy atom. The zero-order chi connectivity index (χ0) is 30.0. The van der Waals surface area contributed by atoms with E-state index in [1.165, 1.54) is 27.6 Å². The summed E-state index contributed by atoms with van der Waals surface area (Å²) in [6, 6.07) is 46.3. The van der Waals surface area contributed by atoms with Crippen LogP contribution in [0.1, 0.15) is 11.1 Å². The molecule has 0 saturated heterocycles. The summed E-state index contributed by atoms with van der Waals surface area (Å²) in [6.07, 6.45) is 1.20. The smallest absolute Gasteiger partial charge is 0.0963 e. The summed E-state index contributed by atoms with van der Waals surface area (Å²) in [5, 5.41) is 13.1. The second kappa shape index (κ2) is 11.8. The first-order valence-electron chi connectivity index (χ1n) is 15.2. The first-order valence-corrected chi connectivity index (χ1v) is 15.2. The number of hydrogen-bond donors (Lipinski definition) is 1. The fraction of sp³-hybridized carbons (Fsp3) is 0.125. The molecule has 1 N–H and O–H groups in total. The first kappa shape index (κ1) is 27.6. The molecule has 0 bridgehead atoms. The highest BCUT2D eigenvalue weighted by atomic mass is 16.3. The van der Waals surface area contributed by atoms with Crippen LogP contribution in [0.2, 0.25) is 0 Å². The minimum absolute atomic E-state index is 0.406. The average Bonchev–Trinajstić information content (AvgIpc) is 3.61. The summed E-state index contributed by atoms with van der Waals surface area (Å²) >= 11 is 0. The van der Waals surface area contributed by atoms with Crippen LogP contribution in [0, 0.1) is 13.8 Å². The number of aromatic nitrogens is 3. The maximum Gasteiger partial charge on any atom is 0.0963 e. The van der Waals surface area contributed by atoms with E-state index >= 15 is 0 Å². The Kier molecular flexibility index (Phi) is 7.43. The molecule has 0 saturated carbocycles. The van der Waals surface area contributed by atoms with E-state index < -0.39 is 6.10 Å². The lowest BCUT2D eigenvalue weighted by atomic mass is 9.97. The molecule has 7 rings (SSSR count). The maximum absolute atomic E-state index is 11.9. The number of hydrogen-bond acceptors (Lipinski definition) is 2. The van der Waals surface area contributed by atoms with Gasteiger partial charge in [0.15, 0.2) is 0 Å². The number of rotatable bonds is 8. The quantitative estimate of drug-likeness (QED) is 0.197. The van der Waals surface area contributed by atoms with Crippen LogP contribution in [0.5, 0.6) is 0 Å². The molecule has 216 valence electrons. The van der Waals surface area contributed by atoms with E-state index in [1.54, 1.807) is 0 Å². The van der Waals surface area contributed by atoms with E-state index in [2.05, 4.69) is 120 Å². The number of aryl methyl sites for hydroxylation is 2. The monoisotopic (exact) mass is 573 g/mol. The SMILES string of the molecule is Cc1cc(C)c2c(c1)c(-c1ccccc1)c(-c1ccccc1)n2CC(O)Cn1cnc(-c2ccccc2)c1-c1ccccc1. The molecular weight excluding hydrogens is 538 g/mol. The zero-order valence-electron chi connectivity index (χ0n) is 25.1. The van der Waals surface area contributed by atoms with Gasteiger partial charge in [0, 0.05) is 22.1 Å². The van der Waals surface area contributed by atoms with Gasteiger partial charge in [-0.25, -0.2) is 4.98 Å². The molecule has 0 aliphatic carbocycles. The molecule has 5 aromatic carbocycles. The van der Waals surface area contributed by atoms with Gasteiger partial charge in [0.25, 0.3) is 0 Å². The molecule has 1 unspecified atom stereocenters. The van der Waals surface area contributed by atoms with Crippen LogP contribution in [0.3, 0.4) is 0 Å². The average molecular weight is 574 g/mol. The molecule has 4 nitrogen and oxygen atoms in total. The molecule has 0 radical (unpaired) electrons. The van der Waals surface area contributed by atoms with Gasteiger partial charge in [0.2, 0.25) is 0 Å². The lowest BCUT2D eigenvalue weighted by Gasteiger charge is -2.19. The highest BCUT2D eigenvalue weighted by Crippen LogP contribution is 2.43. The number of aliphatic hydroxyl groups is 1. The molecule has 4 heteroatoms. The van der Waals surface area contributed by atoms with E-state index in [0.29, 0.717) is 13.1 Å². The Morgan fingerprint density at radius 3 is 1.73 bits per heavy atom. The molecule has 7 aromatic rings. The van der Waals surface area contributed by atoms with Crippen LogP contribution in [0.4, 0.5) is 0 Å². The van der Waals surface area contributed by atoms with E-state index in [0.717, 1.165) is 39.3 Å². The minimum Gasteiger partial charge on any atom is -0.389 e. The van der Waals surface area contributed by atoms with Crippen molar-refractivity contribution >= 4 is 10.9 Å². The van der Waals surface area contributed by atoms with Crippen molar-refractivity contribution < 1.29 is 5.11 Å². The topological polar surface area (TPSA) is 43.0 Å². The maximum atomic E-state index is 11.9. The number of fused-ring (bicyclic) bond motifs is 1. The zero-order valence-corrected chi connectivity index (χ0v) is 25.1. The van der Waals surface area contributed by atoms with Crippen molar-refractivity contribution in [3.8, 4) is 44.9 Å². The van der Waals surface area contributed by atoms with Gasteiger partial charge in [-0.3, -0.25) is 0 Å². The Balaban J connectivity index is 1.36. The van der Waals surface area contributed by atoms with Crippen LogP contribution in [-0.4, -0.2) is 25.3 Å². The molecule has 2 heterocycles.